The number of morpholine rings is 1. The van der Waals surface area contributed by atoms with Crippen molar-refractivity contribution < 1.29 is 22.3 Å². The summed E-state index contributed by atoms with van der Waals surface area (Å²) < 4.78 is 50.3. The van der Waals surface area contributed by atoms with E-state index in [0.29, 0.717) is 55.2 Å². The molecule has 3 heterocycles. The molecular formula is C21H24F3IN6O2. The first-order valence-electron chi connectivity index (χ1n) is 10.2. The summed E-state index contributed by atoms with van der Waals surface area (Å²) in [5.41, 5.74) is -0.201. The highest BCUT2D eigenvalue weighted by Crippen LogP contribution is 2.32. The van der Waals surface area contributed by atoms with Crippen LogP contribution in [0.1, 0.15) is 30.0 Å². The standard InChI is InChI=1S/C21H23F3N6O2.HI/c1-2-25-20(26-12-18-27-19(29-28-18)16-7-4-9-31-16)30-8-10-32-17(13-30)14-5-3-6-15(11-14)21(22,23)24;/h3-7,9,11,17H,2,8,10,12-13H2,1H3,(H,25,26)(H,27,28,29);1H. The minimum Gasteiger partial charge on any atom is -0.461 e. The smallest absolute Gasteiger partial charge is 0.416 e. The normalized spacial score (nSPS) is 17.0. The van der Waals surface area contributed by atoms with Gasteiger partial charge in [-0.25, -0.2) is 9.98 Å². The summed E-state index contributed by atoms with van der Waals surface area (Å²) in [6.45, 7) is 4.15. The molecule has 1 fully saturated rings. The lowest BCUT2D eigenvalue weighted by Crippen LogP contribution is -2.48. The van der Waals surface area contributed by atoms with E-state index in [-0.39, 0.29) is 30.5 Å². The topological polar surface area (TPSA) is 91.6 Å². The van der Waals surface area contributed by atoms with Crippen LogP contribution < -0.4 is 5.32 Å². The molecule has 2 aromatic heterocycles. The molecule has 8 nitrogen and oxygen atoms in total. The Hall–Kier alpha value is -2.61. The molecule has 0 radical (unpaired) electrons. The van der Waals surface area contributed by atoms with Gasteiger partial charge in [-0.05, 0) is 36.8 Å². The average molecular weight is 576 g/mol. The summed E-state index contributed by atoms with van der Waals surface area (Å²) in [7, 11) is 0. The number of rotatable bonds is 5. The molecule has 1 unspecified atom stereocenters. The van der Waals surface area contributed by atoms with Crippen molar-refractivity contribution in [3.63, 3.8) is 0 Å². The van der Waals surface area contributed by atoms with Crippen LogP contribution in [-0.2, 0) is 17.5 Å². The van der Waals surface area contributed by atoms with E-state index in [2.05, 4.69) is 25.5 Å². The van der Waals surface area contributed by atoms with Crippen molar-refractivity contribution in [1.29, 1.82) is 0 Å². The van der Waals surface area contributed by atoms with Crippen LogP contribution in [0.5, 0.6) is 0 Å². The van der Waals surface area contributed by atoms with Crippen molar-refractivity contribution in [2.24, 2.45) is 4.99 Å². The van der Waals surface area contributed by atoms with Gasteiger partial charge in [-0.2, -0.15) is 13.2 Å². The van der Waals surface area contributed by atoms with Crippen molar-refractivity contribution in [1.82, 2.24) is 25.4 Å². The fourth-order valence-electron chi connectivity index (χ4n) is 3.42. The predicted octanol–water partition coefficient (Wildman–Crippen LogP) is 4.24. The number of alkyl halides is 3. The van der Waals surface area contributed by atoms with Crippen LogP contribution in [0.3, 0.4) is 0 Å². The van der Waals surface area contributed by atoms with Gasteiger partial charge in [0.05, 0.1) is 25.0 Å². The minimum atomic E-state index is -4.40. The zero-order valence-electron chi connectivity index (χ0n) is 17.8. The van der Waals surface area contributed by atoms with Gasteiger partial charge < -0.3 is 19.4 Å². The second-order valence-electron chi connectivity index (χ2n) is 7.18. The fraction of sp³-hybridized carbons (Fsp3) is 0.381. The number of H-pyrrole nitrogens is 1. The van der Waals surface area contributed by atoms with Gasteiger partial charge in [-0.3, -0.25) is 5.10 Å². The van der Waals surface area contributed by atoms with Crippen LogP contribution in [0.15, 0.2) is 52.1 Å². The third kappa shape index (κ3) is 6.25. The molecule has 1 aromatic carbocycles. The van der Waals surface area contributed by atoms with Gasteiger partial charge in [0.25, 0.3) is 0 Å². The Bertz CT molecular complexity index is 1050. The van der Waals surface area contributed by atoms with E-state index in [1.165, 1.54) is 6.07 Å². The molecular weight excluding hydrogens is 552 g/mol. The third-order valence-electron chi connectivity index (χ3n) is 4.94. The molecule has 0 bridgehead atoms. The first-order valence-corrected chi connectivity index (χ1v) is 10.2. The Kier molecular flexibility index (Phi) is 8.35. The van der Waals surface area contributed by atoms with Gasteiger partial charge in [-0.1, -0.05) is 12.1 Å². The summed E-state index contributed by atoms with van der Waals surface area (Å²) in [5, 5.41) is 10.2. The molecule has 0 spiro atoms. The predicted molar refractivity (Wildman–Crippen MR) is 126 cm³/mol. The minimum absolute atomic E-state index is 0. The summed E-state index contributed by atoms with van der Waals surface area (Å²) in [4.78, 5) is 11.0. The summed E-state index contributed by atoms with van der Waals surface area (Å²) in [5.74, 6) is 2.19. The van der Waals surface area contributed by atoms with Crippen molar-refractivity contribution in [3.8, 4) is 11.6 Å². The Labute approximate surface area is 205 Å². The first-order chi connectivity index (χ1) is 15.4. The maximum absolute atomic E-state index is 13.1. The Morgan fingerprint density at radius 1 is 1.30 bits per heavy atom. The molecule has 2 N–H and O–H groups in total. The van der Waals surface area contributed by atoms with Crippen molar-refractivity contribution in [3.05, 3.63) is 59.6 Å². The molecule has 1 atom stereocenters. The molecule has 0 amide bonds. The highest BCUT2D eigenvalue weighted by molar-refractivity contribution is 14.0. The fourth-order valence-corrected chi connectivity index (χ4v) is 3.42. The van der Waals surface area contributed by atoms with Gasteiger partial charge in [0.1, 0.15) is 18.5 Å². The van der Waals surface area contributed by atoms with Crippen molar-refractivity contribution in [2.45, 2.75) is 25.7 Å². The average Bonchev–Trinajstić information content (AvgIpc) is 3.48. The molecule has 1 saturated heterocycles. The number of aliphatic imine (C=N–C) groups is 1. The first kappa shape index (κ1) is 25.0. The van der Waals surface area contributed by atoms with Gasteiger partial charge in [-0.15, -0.1) is 29.1 Å². The van der Waals surface area contributed by atoms with Gasteiger partial charge in [0.2, 0.25) is 5.82 Å². The number of guanidine groups is 1. The molecule has 0 aliphatic carbocycles. The number of halogens is 4. The molecule has 3 aromatic rings. The van der Waals surface area contributed by atoms with Crippen LogP contribution in [0, 0.1) is 0 Å². The van der Waals surface area contributed by atoms with E-state index < -0.39 is 17.8 Å². The summed E-state index contributed by atoms with van der Waals surface area (Å²) >= 11 is 0. The van der Waals surface area contributed by atoms with E-state index >= 15 is 0 Å². The number of nitrogens with one attached hydrogen (secondary N) is 2. The van der Waals surface area contributed by atoms with E-state index in [9.17, 15) is 13.2 Å². The lowest BCUT2D eigenvalue weighted by molar-refractivity contribution is -0.137. The number of aromatic amines is 1. The van der Waals surface area contributed by atoms with E-state index in [1.807, 2.05) is 11.8 Å². The van der Waals surface area contributed by atoms with Gasteiger partial charge in [0, 0.05) is 13.1 Å². The van der Waals surface area contributed by atoms with E-state index in [4.69, 9.17) is 9.15 Å². The number of hydrogen-bond donors (Lipinski definition) is 2. The molecule has 1 aliphatic rings. The van der Waals surface area contributed by atoms with Crippen molar-refractivity contribution in [2.75, 3.05) is 26.2 Å². The molecule has 4 rings (SSSR count). The van der Waals surface area contributed by atoms with Gasteiger partial charge in [0.15, 0.2) is 11.7 Å². The zero-order valence-corrected chi connectivity index (χ0v) is 20.1. The Morgan fingerprint density at radius 3 is 2.88 bits per heavy atom. The lowest BCUT2D eigenvalue weighted by atomic mass is 10.0. The largest absolute Gasteiger partial charge is 0.461 e. The Morgan fingerprint density at radius 2 is 2.15 bits per heavy atom. The second-order valence-corrected chi connectivity index (χ2v) is 7.18. The molecule has 178 valence electrons. The van der Waals surface area contributed by atoms with Crippen LogP contribution in [-0.4, -0.2) is 52.3 Å². The summed E-state index contributed by atoms with van der Waals surface area (Å²) in [6, 6.07) is 8.78. The quantitative estimate of drug-likeness (QED) is 0.269. The van der Waals surface area contributed by atoms with Crippen LogP contribution in [0.25, 0.3) is 11.6 Å². The SMILES string of the molecule is CCNC(=NCc1nc(-c2ccco2)n[nH]1)N1CCOC(c2cccc(C(F)(F)F)c2)C1.I. The van der Waals surface area contributed by atoms with Crippen LogP contribution in [0.4, 0.5) is 13.2 Å². The van der Waals surface area contributed by atoms with Gasteiger partial charge >= 0.3 is 6.18 Å². The van der Waals surface area contributed by atoms with Crippen LogP contribution >= 0.6 is 24.0 Å². The highest BCUT2D eigenvalue weighted by atomic mass is 127. The second kappa shape index (κ2) is 11.0. The number of aromatic nitrogens is 3. The van der Waals surface area contributed by atoms with Crippen LogP contribution in [0.2, 0.25) is 0 Å². The molecule has 12 heteroatoms. The lowest BCUT2D eigenvalue weighted by Gasteiger charge is -2.35. The number of nitrogens with zero attached hydrogens (tertiary/aromatic N) is 4. The highest BCUT2D eigenvalue weighted by Gasteiger charge is 2.32. The number of ether oxygens (including phenoxy) is 1. The third-order valence-corrected chi connectivity index (χ3v) is 4.94. The maximum atomic E-state index is 13.1. The molecule has 1 aliphatic heterocycles. The van der Waals surface area contributed by atoms with E-state index in [1.54, 1.807) is 24.5 Å². The van der Waals surface area contributed by atoms with Crippen molar-refractivity contribution >= 4 is 29.9 Å². The maximum Gasteiger partial charge on any atom is 0.416 e. The summed E-state index contributed by atoms with van der Waals surface area (Å²) in [6.07, 6.45) is -3.34. The monoisotopic (exact) mass is 576 g/mol. The zero-order chi connectivity index (χ0) is 22.6. The number of furan rings is 1. The number of benzene rings is 1. The molecule has 0 saturated carbocycles. The molecule has 33 heavy (non-hydrogen) atoms. The Balaban J connectivity index is 0.00000306. The number of hydrogen-bond acceptors (Lipinski definition) is 5. The van der Waals surface area contributed by atoms with E-state index in [0.717, 1.165) is 12.1 Å².